The Balaban J connectivity index is 1.91. The number of benzene rings is 2. The first-order valence-electron chi connectivity index (χ1n) is 6.69. The highest BCUT2D eigenvalue weighted by atomic mass is 127. The number of aliphatic imine (C=N–C) groups is 1. The smallest absolute Gasteiger partial charge is 0.363 e. The lowest BCUT2D eigenvalue weighted by Gasteiger charge is -2.03. The van der Waals surface area contributed by atoms with Gasteiger partial charge < -0.3 is 9.47 Å². The number of carbonyl (C=O) groups excluding carboxylic acids is 1. The molecule has 0 bridgehead atoms. The SMILES string of the molecule is COc1ccc(C=C2N=C(c3ccc(I)cc3)OC2=O)cc1Br. The van der Waals surface area contributed by atoms with Crippen LogP contribution < -0.4 is 4.74 Å². The molecule has 0 radical (unpaired) electrons. The molecule has 2 aromatic carbocycles. The summed E-state index contributed by atoms with van der Waals surface area (Å²) in [7, 11) is 1.60. The molecular weight excluding hydrogens is 473 g/mol. The Bertz CT molecular complexity index is 828. The number of cyclic esters (lactones) is 1. The Morgan fingerprint density at radius 2 is 1.96 bits per heavy atom. The summed E-state index contributed by atoms with van der Waals surface area (Å²) in [6, 6.07) is 13.2. The maximum Gasteiger partial charge on any atom is 0.363 e. The Hall–Kier alpha value is -1.67. The van der Waals surface area contributed by atoms with Crippen LogP contribution >= 0.6 is 38.5 Å². The second-order valence-electron chi connectivity index (χ2n) is 4.74. The number of halogens is 2. The van der Waals surface area contributed by atoms with Crippen molar-refractivity contribution in [2.75, 3.05) is 7.11 Å². The minimum atomic E-state index is -0.453. The van der Waals surface area contributed by atoms with Gasteiger partial charge in [-0.3, -0.25) is 0 Å². The van der Waals surface area contributed by atoms with Crippen LogP contribution in [0.2, 0.25) is 0 Å². The van der Waals surface area contributed by atoms with E-state index in [9.17, 15) is 4.79 Å². The first kappa shape index (κ1) is 16.2. The molecule has 0 N–H and O–H groups in total. The molecule has 0 unspecified atom stereocenters. The fourth-order valence-electron chi connectivity index (χ4n) is 2.06. The minimum absolute atomic E-state index is 0.274. The van der Waals surface area contributed by atoms with Gasteiger partial charge in [0.2, 0.25) is 5.90 Å². The van der Waals surface area contributed by atoms with Gasteiger partial charge >= 0.3 is 5.97 Å². The molecule has 6 heteroatoms. The number of rotatable bonds is 3. The Kier molecular flexibility index (Phi) is 4.82. The second-order valence-corrected chi connectivity index (χ2v) is 6.84. The monoisotopic (exact) mass is 483 g/mol. The van der Waals surface area contributed by atoms with Crippen LogP contribution in [0.4, 0.5) is 0 Å². The van der Waals surface area contributed by atoms with E-state index in [-0.39, 0.29) is 5.70 Å². The zero-order valence-electron chi connectivity index (χ0n) is 12.0. The predicted octanol–water partition coefficient (Wildman–Crippen LogP) is 4.41. The van der Waals surface area contributed by atoms with E-state index in [0.29, 0.717) is 5.90 Å². The first-order chi connectivity index (χ1) is 11.1. The maximum atomic E-state index is 12.0. The number of nitrogens with zero attached hydrogens (tertiary/aromatic N) is 1. The van der Waals surface area contributed by atoms with Crippen molar-refractivity contribution in [1.82, 2.24) is 0 Å². The van der Waals surface area contributed by atoms with Gasteiger partial charge in [-0.2, -0.15) is 0 Å². The van der Waals surface area contributed by atoms with Crippen molar-refractivity contribution >= 4 is 56.5 Å². The average molecular weight is 484 g/mol. The van der Waals surface area contributed by atoms with Gasteiger partial charge in [0.1, 0.15) is 5.75 Å². The molecule has 0 spiro atoms. The van der Waals surface area contributed by atoms with Crippen molar-refractivity contribution < 1.29 is 14.3 Å². The normalized spacial score (nSPS) is 15.5. The highest BCUT2D eigenvalue weighted by Crippen LogP contribution is 2.27. The summed E-state index contributed by atoms with van der Waals surface area (Å²) in [6.45, 7) is 0. The van der Waals surface area contributed by atoms with E-state index in [2.05, 4.69) is 43.5 Å². The summed E-state index contributed by atoms with van der Waals surface area (Å²) in [5.41, 5.74) is 1.88. The Morgan fingerprint density at radius 3 is 2.61 bits per heavy atom. The molecule has 0 fully saturated rings. The number of hydrogen-bond donors (Lipinski definition) is 0. The fraction of sp³-hybridized carbons (Fsp3) is 0.0588. The van der Waals surface area contributed by atoms with Crippen molar-refractivity contribution in [2.24, 2.45) is 4.99 Å². The summed E-state index contributed by atoms with van der Waals surface area (Å²) < 4.78 is 12.4. The average Bonchev–Trinajstić information content (AvgIpc) is 2.89. The van der Waals surface area contributed by atoms with Crippen molar-refractivity contribution in [3.05, 3.63) is 67.3 Å². The quantitative estimate of drug-likeness (QED) is 0.369. The van der Waals surface area contributed by atoms with Gasteiger partial charge in [-0.25, -0.2) is 9.79 Å². The van der Waals surface area contributed by atoms with E-state index >= 15 is 0 Å². The van der Waals surface area contributed by atoms with Crippen molar-refractivity contribution in [2.45, 2.75) is 0 Å². The number of hydrogen-bond acceptors (Lipinski definition) is 4. The number of esters is 1. The minimum Gasteiger partial charge on any atom is -0.496 e. The van der Waals surface area contributed by atoms with Gasteiger partial charge in [0.15, 0.2) is 5.70 Å². The molecule has 0 atom stereocenters. The molecule has 2 aromatic rings. The Labute approximate surface area is 155 Å². The van der Waals surface area contributed by atoms with E-state index in [4.69, 9.17) is 9.47 Å². The van der Waals surface area contributed by atoms with E-state index < -0.39 is 5.97 Å². The molecular formula is C17H11BrINO3. The topological polar surface area (TPSA) is 47.9 Å². The van der Waals surface area contributed by atoms with Crippen LogP contribution in [-0.2, 0) is 9.53 Å². The van der Waals surface area contributed by atoms with Gasteiger partial charge in [-0.05, 0) is 86.6 Å². The van der Waals surface area contributed by atoms with Gasteiger partial charge in [-0.1, -0.05) is 6.07 Å². The zero-order valence-corrected chi connectivity index (χ0v) is 15.8. The van der Waals surface area contributed by atoms with E-state index in [1.54, 1.807) is 13.2 Å². The molecule has 4 nitrogen and oxygen atoms in total. The van der Waals surface area contributed by atoms with Crippen LogP contribution in [0.1, 0.15) is 11.1 Å². The second kappa shape index (κ2) is 6.84. The standard InChI is InChI=1S/C17H11BrINO3/c1-22-15-7-2-10(8-13(15)18)9-14-17(21)23-16(20-14)11-3-5-12(19)6-4-11/h2-9H,1H3. The maximum absolute atomic E-state index is 12.0. The zero-order chi connectivity index (χ0) is 16.4. The predicted molar refractivity (Wildman–Crippen MR) is 100 cm³/mol. The molecule has 23 heavy (non-hydrogen) atoms. The van der Waals surface area contributed by atoms with Crippen LogP contribution in [0.5, 0.6) is 5.75 Å². The highest BCUT2D eigenvalue weighted by Gasteiger charge is 2.24. The molecule has 116 valence electrons. The third-order valence-electron chi connectivity index (χ3n) is 3.19. The lowest BCUT2D eigenvalue weighted by Crippen LogP contribution is -2.05. The third kappa shape index (κ3) is 3.64. The molecule has 3 rings (SSSR count). The van der Waals surface area contributed by atoms with Crippen LogP contribution in [0, 0.1) is 3.57 Å². The summed E-state index contributed by atoms with van der Waals surface area (Å²) in [6.07, 6.45) is 1.69. The summed E-state index contributed by atoms with van der Waals surface area (Å²) in [5.74, 6) is 0.597. The molecule has 0 aromatic heterocycles. The van der Waals surface area contributed by atoms with Crippen LogP contribution in [0.3, 0.4) is 0 Å². The van der Waals surface area contributed by atoms with Crippen molar-refractivity contribution in [1.29, 1.82) is 0 Å². The van der Waals surface area contributed by atoms with Gasteiger partial charge in [0, 0.05) is 9.13 Å². The van der Waals surface area contributed by atoms with Gasteiger partial charge in [0.05, 0.1) is 11.6 Å². The molecule has 0 saturated heterocycles. The fourth-order valence-corrected chi connectivity index (χ4v) is 2.97. The van der Waals surface area contributed by atoms with E-state index in [1.807, 2.05) is 42.5 Å². The van der Waals surface area contributed by atoms with Crippen molar-refractivity contribution in [3.63, 3.8) is 0 Å². The number of carbonyl (C=O) groups is 1. The molecule has 1 aliphatic heterocycles. The summed E-state index contributed by atoms with van der Waals surface area (Å²) in [4.78, 5) is 16.3. The third-order valence-corrected chi connectivity index (χ3v) is 4.53. The molecule has 0 amide bonds. The summed E-state index contributed by atoms with van der Waals surface area (Å²) >= 11 is 5.64. The van der Waals surface area contributed by atoms with Crippen LogP contribution in [0.15, 0.2) is 57.6 Å². The first-order valence-corrected chi connectivity index (χ1v) is 8.56. The number of methoxy groups -OCH3 is 1. The molecule has 0 aliphatic carbocycles. The van der Waals surface area contributed by atoms with E-state index in [1.165, 1.54) is 0 Å². The molecule has 0 saturated carbocycles. The molecule has 1 heterocycles. The lowest BCUT2D eigenvalue weighted by molar-refractivity contribution is -0.129. The summed E-state index contributed by atoms with van der Waals surface area (Å²) in [5, 5.41) is 0. The highest BCUT2D eigenvalue weighted by molar-refractivity contribution is 14.1. The van der Waals surface area contributed by atoms with Crippen molar-refractivity contribution in [3.8, 4) is 5.75 Å². The Morgan fingerprint density at radius 1 is 1.22 bits per heavy atom. The lowest BCUT2D eigenvalue weighted by atomic mass is 10.2. The van der Waals surface area contributed by atoms with Gasteiger partial charge in [-0.15, -0.1) is 0 Å². The van der Waals surface area contributed by atoms with E-state index in [0.717, 1.165) is 24.9 Å². The largest absolute Gasteiger partial charge is 0.496 e. The van der Waals surface area contributed by atoms with Crippen LogP contribution in [-0.4, -0.2) is 19.0 Å². The molecule has 1 aliphatic rings. The number of ether oxygens (including phenoxy) is 2. The van der Waals surface area contributed by atoms with Crippen LogP contribution in [0.25, 0.3) is 6.08 Å². The van der Waals surface area contributed by atoms with Gasteiger partial charge in [0.25, 0.3) is 0 Å².